The zero-order chi connectivity index (χ0) is 17.2. The van der Waals surface area contributed by atoms with E-state index in [2.05, 4.69) is 20.5 Å². The van der Waals surface area contributed by atoms with Gasteiger partial charge in [0.1, 0.15) is 5.75 Å². The third-order valence-electron chi connectivity index (χ3n) is 3.73. The summed E-state index contributed by atoms with van der Waals surface area (Å²) in [6, 6.07) is 11.7. The minimum Gasteiger partial charge on any atom is -0.495 e. The standard InChI is InChI=1S/C16H15N7OS/c1-22-15(19-20-21-22)23-13-7-4-3-6-11(13)18-16(23)25-10-12-14(24-2)8-5-9-17-12/h3-9H,10H2,1-2H3. The summed E-state index contributed by atoms with van der Waals surface area (Å²) >= 11 is 1.56. The molecule has 0 N–H and O–H groups in total. The zero-order valence-electron chi connectivity index (χ0n) is 13.7. The third kappa shape index (κ3) is 2.82. The van der Waals surface area contributed by atoms with Crippen molar-refractivity contribution in [2.45, 2.75) is 10.9 Å². The summed E-state index contributed by atoms with van der Waals surface area (Å²) in [5, 5.41) is 12.6. The van der Waals surface area contributed by atoms with E-state index in [9.17, 15) is 0 Å². The molecule has 0 spiro atoms. The number of aromatic nitrogens is 7. The van der Waals surface area contributed by atoms with E-state index in [1.54, 1.807) is 36.8 Å². The summed E-state index contributed by atoms with van der Waals surface area (Å²) in [7, 11) is 3.45. The molecule has 0 bridgehead atoms. The fourth-order valence-corrected chi connectivity index (χ4v) is 3.51. The SMILES string of the molecule is COc1cccnc1CSc1nc2ccccc2n1-c1nnnn1C. The number of fused-ring (bicyclic) bond motifs is 1. The van der Waals surface area contributed by atoms with Crippen LogP contribution < -0.4 is 4.74 Å². The lowest BCUT2D eigenvalue weighted by atomic mass is 10.3. The molecule has 4 rings (SSSR count). The molecule has 9 heteroatoms. The van der Waals surface area contributed by atoms with Gasteiger partial charge in [-0.15, -0.1) is 0 Å². The van der Waals surface area contributed by atoms with Crippen molar-refractivity contribution in [3.63, 3.8) is 0 Å². The topological polar surface area (TPSA) is 83.5 Å². The maximum Gasteiger partial charge on any atom is 0.256 e. The fourth-order valence-electron chi connectivity index (χ4n) is 2.56. The van der Waals surface area contributed by atoms with Crippen molar-refractivity contribution in [1.29, 1.82) is 0 Å². The van der Waals surface area contributed by atoms with Gasteiger partial charge in [0.2, 0.25) is 0 Å². The molecule has 0 saturated heterocycles. The number of pyridine rings is 1. The maximum atomic E-state index is 5.37. The van der Waals surface area contributed by atoms with Gasteiger partial charge in [0.25, 0.3) is 5.95 Å². The van der Waals surface area contributed by atoms with Crippen molar-refractivity contribution in [2.24, 2.45) is 7.05 Å². The van der Waals surface area contributed by atoms with E-state index in [4.69, 9.17) is 9.72 Å². The first-order valence-electron chi connectivity index (χ1n) is 7.59. The first-order valence-corrected chi connectivity index (χ1v) is 8.57. The molecular formula is C16H15N7OS. The van der Waals surface area contributed by atoms with Gasteiger partial charge in [0.05, 0.1) is 23.8 Å². The van der Waals surface area contributed by atoms with Crippen molar-refractivity contribution >= 4 is 22.8 Å². The molecular weight excluding hydrogens is 338 g/mol. The Labute approximate surface area is 147 Å². The van der Waals surface area contributed by atoms with E-state index in [0.29, 0.717) is 11.7 Å². The molecule has 1 aromatic carbocycles. The van der Waals surface area contributed by atoms with Crippen LogP contribution in [0.15, 0.2) is 47.8 Å². The molecule has 0 saturated carbocycles. The van der Waals surface area contributed by atoms with Gasteiger partial charge in [-0.3, -0.25) is 9.55 Å². The largest absolute Gasteiger partial charge is 0.495 e. The molecule has 0 unspecified atom stereocenters. The number of benzene rings is 1. The predicted molar refractivity (Wildman–Crippen MR) is 93.8 cm³/mol. The van der Waals surface area contributed by atoms with Crippen molar-refractivity contribution in [2.75, 3.05) is 7.11 Å². The average molecular weight is 353 g/mol. The highest BCUT2D eigenvalue weighted by Crippen LogP contribution is 2.30. The van der Waals surface area contributed by atoms with Gasteiger partial charge >= 0.3 is 0 Å². The molecule has 4 aromatic rings. The summed E-state index contributed by atoms with van der Waals surface area (Å²) in [6.45, 7) is 0. The molecule has 0 atom stereocenters. The van der Waals surface area contributed by atoms with E-state index in [1.165, 1.54) is 0 Å². The number of hydrogen-bond donors (Lipinski definition) is 0. The van der Waals surface area contributed by atoms with Gasteiger partial charge in [0, 0.05) is 19.0 Å². The summed E-state index contributed by atoms with van der Waals surface area (Å²) in [5.74, 6) is 2.00. The summed E-state index contributed by atoms with van der Waals surface area (Å²) in [4.78, 5) is 9.13. The predicted octanol–water partition coefficient (Wildman–Crippen LogP) is 2.24. The molecule has 0 aliphatic carbocycles. The highest BCUT2D eigenvalue weighted by Gasteiger charge is 2.17. The molecule has 0 radical (unpaired) electrons. The second kappa shape index (κ2) is 6.52. The van der Waals surface area contributed by atoms with Crippen molar-refractivity contribution < 1.29 is 4.74 Å². The number of hydrogen-bond acceptors (Lipinski definition) is 7. The Hall–Kier alpha value is -2.94. The highest BCUT2D eigenvalue weighted by atomic mass is 32.2. The maximum absolute atomic E-state index is 5.37. The number of methoxy groups -OCH3 is 1. The monoisotopic (exact) mass is 353 g/mol. The van der Waals surface area contributed by atoms with Crippen molar-refractivity contribution in [3.8, 4) is 11.7 Å². The normalized spacial score (nSPS) is 11.1. The number of tetrazole rings is 1. The first-order chi connectivity index (χ1) is 12.3. The van der Waals surface area contributed by atoms with Gasteiger partial charge in [-0.25, -0.2) is 9.67 Å². The molecule has 25 heavy (non-hydrogen) atoms. The van der Waals surface area contributed by atoms with Gasteiger partial charge in [0.15, 0.2) is 5.16 Å². The van der Waals surface area contributed by atoms with E-state index < -0.39 is 0 Å². The molecule has 3 aromatic heterocycles. The Kier molecular flexibility index (Phi) is 4.06. The van der Waals surface area contributed by atoms with E-state index in [1.807, 2.05) is 41.0 Å². The zero-order valence-corrected chi connectivity index (χ0v) is 14.5. The van der Waals surface area contributed by atoms with Gasteiger partial charge < -0.3 is 4.74 Å². The van der Waals surface area contributed by atoms with Crippen molar-refractivity contribution in [3.05, 3.63) is 48.3 Å². The van der Waals surface area contributed by atoms with Crippen LogP contribution in [0.2, 0.25) is 0 Å². The van der Waals surface area contributed by atoms with Crippen LogP contribution in [0.25, 0.3) is 17.0 Å². The van der Waals surface area contributed by atoms with Crippen molar-refractivity contribution in [1.82, 2.24) is 34.7 Å². The molecule has 0 aliphatic heterocycles. The third-order valence-corrected chi connectivity index (χ3v) is 4.68. The Bertz CT molecular complexity index is 1030. The lowest BCUT2D eigenvalue weighted by molar-refractivity contribution is 0.409. The Morgan fingerprint density at radius 2 is 2.04 bits per heavy atom. The molecule has 126 valence electrons. The fraction of sp³-hybridized carbons (Fsp3) is 0.188. The van der Waals surface area contributed by atoms with Crippen LogP contribution >= 0.6 is 11.8 Å². The lowest BCUT2D eigenvalue weighted by Gasteiger charge is -2.08. The second-order valence-electron chi connectivity index (χ2n) is 5.26. The van der Waals surface area contributed by atoms with Gasteiger partial charge in [-0.2, -0.15) is 0 Å². The number of imidazole rings is 1. The van der Waals surface area contributed by atoms with Gasteiger partial charge in [-0.1, -0.05) is 29.0 Å². The van der Waals surface area contributed by atoms with E-state index >= 15 is 0 Å². The minimum atomic E-state index is 0.615. The summed E-state index contributed by atoms with van der Waals surface area (Å²) in [6.07, 6.45) is 1.76. The lowest BCUT2D eigenvalue weighted by Crippen LogP contribution is -2.06. The van der Waals surface area contributed by atoms with Crippen LogP contribution in [0, 0.1) is 0 Å². The van der Waals surface area contributed by atoms with Gasteiger partial charge in [-0.05, 0) is 34.7 Å². The molecule has 0 fully saturated rings. The molecule has 0 amide bonds. The number of aryl methyl sites for hydroxylation is 1. The second-order valence-corrected chi connectivity index (χ2v) is 6.20. The Balaban J connectivity index is 1.76. The summed E-state index contributed by atoms with van der Waals surface area (Å²) in [5.41, 5.74) is 2.71. The van der Waals surface area contributed by atoms with Crippen LogP contribution in [0.1, 0.15) is 5.69 Å². The number of para-hydroxylation sites is 2. The first kappa shape index (κ1) is 15.6. The smallest absolute Gasteiger partial charge is 0.256 e. The van der Waals surface area contributed by atoms with Crippen LogP contribution in [-0.2, 0) is 12.8 Å². The van der Waals surface area contributed by atoms with Crippen LogP contribution in [0.5, 0.6) is 5.75 Å². The average Bonchev–Trinajstić information content (AvgIpc) is 3.22. The van der Waals surface area contributed by atoms with E-state index in [-0.39, 0.29) is 0 Å². The molecule has 8 nitrogen and oxygen atoms in total. The number of thioether (sulfide) groups is 1. The molecule has 3 heterocycles. The summed E-state index contributed by atoms with van der Waals surface area (Å²) < 4.78 is 8.95. The van der Waals surface area contributed by atoms with Crippen LogP contribution in [-0.4, -0.2) is 41.9 Å². The highest BCUT2D eigenvalue weighted by molar-refractivity contribution is 7.98. The minimum absolute atomic E-state index is 0.615. The quantitative estimate of drug-likeness (QED) is 0.509. The number of rotatable bonds is 5. The number of ether oxygens (including phenoxy) is 1. The molecule has 0 aliphatic rings. The van der Waals surface area contributed by atoms with Crippen LogP contribution in [0.3, 0.4) is 0 Å². The Morgan fingerprint density at radius 3 is 2.84 bits per heavy atom. The Morgan fingerprint density at radius 1 is 1.16 bits per heavy atom. The van der Waals surface area contributed by atoms with Crippen LogP contribution in [0.4, 0.5) is 0 Å². The number of nitrogens with zero attached hydrogens (tertiary/aromatic N) is 7. The van der Waals surface area contributed by atoms with E-state index in [0.717, 1.165) is 27.6 Å².